The summed E-state index contributed by atoms with van der Waals surface area (Å²) in [6.45, 7) is 4.38. The molecule has 0 aliphatic heterocycles. The van der Waals surface area contributed by atoms with Gasteiger partial charge in [0.25, 0.3) is 0 Å². The predicted octanol–water partition coefficient (Wildman–Crippen LogP) is 3.41. The third kappa shape index (κ3) is 2.15. The molecule has 2 aromatic rings. The zero-order chi connectivity index (χ0) is 11.5. The van der Waals surface area contributed by atoms with Gasteiger partial charge >= 0.3 is 0 Å². The number of aromatic amines is 1. The summed E-state index contributed by atoms with van der Waals surface area (Å²) in [4.78, 5) is 7.28. The van der Waals surface area contributed by atoms with Crippen LogP contribution in [0.25, 0.3) is 11.0 Å². The van der Waals surface area contributed by atoms with Gasteiger partial charge in [-0.2, -0.15) is 11.8 Å². The zero-order valence-corrected chi connectivity index (χ0v) is 11.1. The molecule has 86 valence electrons. The average Bonchev–Trinajstić information content (AvgIpc) is 2.62. The molecule has 1 atom stereocenters. The fourth-order valence-corrected chi connectivity index (χ4v) is 2.89. The number of rotatable bonds is 4. The first-order valence-electron chi connectivity index (χ1n) is 5.36. The Balaban J connectivity index is 2.43. The van der Waals surface area contributed by atoms with Crippen LogP contribution in [0.2, 0.25) is 0 Å². The highest BCUT2D eigenvalue weighted by atomic mass is 32.2. The Hall–Kier alpha value is -0.810. The van der Waals surface area contributed by atoms with Crippen LogP contribution in [0.15, 0.2) is 18.5 Å². The summed E-state index contributed by atoms with van der Waals surface area (Å²) in [5.74, 6) is 2.22. The minimum Gasteiger partial charge on any atom is -0.329 e. The number of hydrogen-bond donors (Lipinski definition) is 1. The molecule has 0 amide bonds. The number of pyridine rings is 1. The van der Waals surface area contributed by atoms with E-state index in [0.29, 0.717) is 6.04 Å². The van der Waals surface area contributed by atoms with Gasteiger partial charge in [0, 0.05) is 18.0 Å². The maximum atomic E-state index is 5.35. The van der Waals surface area contributed by atoms with Crippen molar-refractivity contribution < 1.29 is 0 Å². The minimum absolute atomic E-state index is 0.411. The quantitative estimate of drug-likeness (QED) is 0.848. The van der Waals surface area contributed by atoms with Crippen LogP contribution in [0.3, 0.4) is 0 Å². The fourth-order valence-electron chi connectivity index (χ4n) is 1.78. The molecule has 0 bridgehead atoms. The van der Waals surface area contributed by atoms with Crippen molar-refractivity contribution in [3.05, 3.63) is 23.2 Å². The predicted molar refractivity (Wildman–Crippen MR) is 72.6 cm³/mol. The molecule has 0 aliphatic rings. The van der Waals surface area contributed by atoms with E-state index in [1.165, 1.54) is 0 Å². The van der Waals surface area contributed by atoms with Crippen LogP contribution >= 0.6 is 24.0 Å². The molecule has 3 nitrogen and oxygen atoms in total. The number of fused-ring (bicyclic) bond motifs is 1. The van der Waals surface area contributed by atoms with E-state index >= 15 is 0 Å². The van der Waals surface area contributed by atoms with Crippen LogP contribution in [0.1, 0.15) is 19.9 Å². The van der Waals surface area contributed by atoms with Crippen molar-refractivity contribution in [3.8, 4) is 0 Å². The molecule has 0 aliphatic carbocycles. The molecule has 0 fully saturated rings. The first kappa shape index (κ1) is 11.7. The SMILES string of the molecule is CCSCC(C)n1c(=S)[nH]c2cnccc21. The van der Waals surface area contributed by atoms with E-state index in [1.54, 1.807) is 6.20 Å². The van der Waals surface area contributed by atoms with Gasteiger partial charge in [-0.25, -0.2) is 0 Å². The Morgan fingerprint density at radius 2 is 2.44 bits per heavy atom. The van der Waals surface area contributed by atoms with Gasteiger partial charge in [-0.15, -0.1) is 0 Å². The lowest BCUT2D eigenvalue weighted by Gasteiger charge is -2.13. The van der Waals surface area contributed by atoms with E-state index in [9.17, 15) is 0 Å². The van der Waals surface area contributed by atoms with Gasteiger partial charge in [-0.3, -0.25) is 4.98 Å². The summed E-state index contributed by atoms with van der Waals surface area (Å²) >= 11 is 7.29. The second kappa shape index (κ2) is 5.01. The highest BCUT2D eigenvalue weighted by molar-refractivity contribution is 7.99. The molecular weight excluding hydrogens is 238 g/mol. The third-order valence-corrected chi connectivity index (χ3v) is 3.95. The van der Waals surface area contributed by atoms with Crippen molar-refractivity contribution in [1.29, 1.82) is 0 Å². The number of H-pyrrole nitrogens is 1. The number of nitrogens with zero attached hydrogens (tertiary/aromatic N) is 2. The van der Waals surface area contributed by atoms with Gasteiger partial charge in [0.1, 0.15) is 0 Å². The molecule has 0 saturated carbocycles. The van der Waals surface area contributed by atoms with Crippen LogP contribution in [0.5, 0.6) is 0 Å². The molecule has 0 spiro atoms. The Kier molecular flexibility index (Phi) is 3.66. The fraction of sp³-hybridized carbons (Fsp3) is 0.455. The number of hydrogen-bond acceptors (Lipinski definition) is 3. The monoisotopic (exact) mass is 253 g/mol. The van der Waals surface area contributed by atoms with Gasteiger partial charge in [0.2, 0.25) is 0 Å². The summed E-state index contributed by atoms with van der Waals surface area (Å²) in [5.41, 5.74) is 2.16. The van der Waals surface area contributed by atoms with Gasteiger partial charge in [-0.1, -0.05) is 6.92 Å². The van der Waals surface area contributed by atoms with Crippen molar-refractivity contribution in [2.75, 3.05) is 11.5 Å². The largest absolute Gasteiger partial charge is 0.329 e. The molecule has 1 N–H and O–H groups in total. The maximum absolute atomic E-state index is 5.35. The summed E-state index contributed by atoms with van der Waals surface area (Å²) in [6, 6.07) is 2.42. The average molecular weight is 253 g/mol. The van der Waals surface area contributed by atoms with Crippen molar-refractivity contribution in [3.63, 3.8) is 0 Å². The number of imidazole rings is 1. The molecule has 5 heteroatoms. The minimum atomic E-state index is 0.411. The summed E-state index contributed by atoms with van der Waals surface area (Å²) in [5, 5.41) is 0. The number of nitrogens with one attached hydrogen (secondary N) is 1. The normalized spacial score (nSPS) is 13.1. The smallest absolute Gasteiger partial charge is 0.178 e. The van der Waals surface area contributed by atoms with Crippen molar-refractivity contribution in [2.24, 2.45) is 0 Å². The Labute approximate surface area is 104 Å². The van der Waals surface area contributed by atoms with E-state index < -0.39 is 0 Å². The molecule has 2 rings (SSSR count). The number of thioether (sulfide) groups is 1. The van der Waals surface area contributed by atoms with Crippen LogP contribution in [-0.2, 0) is 0 Å². The maximum Gasteiger partial charge on any atom is 0.178 e. The summed E-state index contributed by atoms with van der Waals surface area (Å²) < 4.78 is 2.96. The number of aromatic nitrogens is 3. The topological polar surface area (TPSA) is 33.6 Å². The van der Waals surface area contributed by atoms with Crippen LogP contribution < -0.4 is 0 Å². The first-order chi connectivity index (χ1) is 7.74. The van der Waals surface area contributed by atoms with E-state index in [-0.39, 0.29) is 0 Å². The standard InChI is InChI=1S/C11H15N3S2/c1-3-16-7-8(2)14-10-4-5-12-6-9(10)13-11(14)15/h4-6,8H,3,7H2,1-2H3,(H,13,15). The van der Waals surface area contributed by atoms with Crippen LogP contribution in [0, 0.1) is 4.77 Å². The van der Waals surface area contributed by atoms with E-state index in [4.69, 9.17) is 12.2 Å². The molecule has 16 heavy (non-hydrogen) atoms. The highest BCUT2D eigenvalue weighted by Gasteiger charge is 2.10. The van der Waals surface area contributed by atoms with Gasteiger partial charge < -0.3 is 9.55 Å². The summed E-state index contributed by atoms with van der Waals surface area (Å²) in [7, 11) is 0. The van der Waals surface area contributed by atoms with E-state index in [2.05, 4.69) is 28.4 Å². The molecule has 1 unspecified atom stereocenters. The Bertz CT molecular complexity index is 529. The first-order valence-corrected chi connectivity index (χ1v) is 6.92. The van der Waals surface area contributed by atoms with Crippen molar-refractivity contribution in [1.82, 2.24) is 14.5 Å². The van der Waals surface area contributed by atoms with Gasteiger partial charge in [0.15, 0.2) is 4.77 Å². The van der Waals surface area contributed by atoms with Crippen LogP contribution in [0.4, 0.5) is 0 Å². The molecular formula is C11H15N3S2. The molecule has 0 saturated heterocycles. The summed E-state index contributed by atoms with van der Waals surface area (Å²) in [6.07, 6.45) is 3.63. The lowest BCUT2D eigenvalue weighted by molar-refractivity contribution is 0.619. The van der Waals surface area contributed by atoms with E-state index in [0.717, 1.165) is 27.3 Å². The Morgan fingerprint density at radius 3 is 3.19 bits per heavy atom. The second-order valence-electron chi connectivity index (χ2n) is 3.70. The molecule has 0 radical (unpaired) electrons. The highest BCUT2D eigenvalue weighted by Crippen LogP contribution is 2.20. The lowest BCUT2D eigenvalue weighted by Crippen LogP contribution is -2.07. The van der Waals surface area contributed by atoms with Crippen molar-refractivity contribution >= 4 is 35.0 Å². The van der Waals surface area contributed by atoms with Gasteiger partial charge in [-0.05, 0) is 31.0 Å². The second-order valence-corrected chi connectivity index (χ2v) is 5.41. The zero-order valence-electron chi connectivity index (χ0n) is 9.43. The molecule has 0 aromatic carbocycles. The van der Waals surface area contributed by atoms with Gasteiger partial charge in [0.05, 0.1) is 17.2 Å². The molecule has 2 heterocycles. The Morgan fingerprint density at radius 1 is 1.62 bits per heavy atom. The molecule has 2 aromatic heterocycles. The third-order valence-electron chi connectivity index (χ3n) is 2.52. The van der Waals surface area contributed by atoms with Crippen molar-refractivity contribution in [2.45, 2.75) is 19.9 Å². The van der Waals surface area contributed by atoms with E-state index in [1.807, 2.05) is 24.0 Å². The lowest BCUT2D eigenvalue weighted by atomic mass is 10.3. The van der Waals surface area contributed by atoms with Crippen LogP contribution in [-0.4, -0.2) is 26.0 Å².